The van der Waals surface area contributed by atoms with E-state index in [0.717, 1.165) is 0 Å². The van der Waals surface area contributed by atoms with E-state index >= 15 is 0 Å². The lowest BCUT2D eigenvalue weighted by Gasteiger charge is -2.25. The zero-order valence-electron chi connectivity index (χ0n) is 17.5. The molecule has 0 fully saturated rings. The summed E-state index contributed by atoms with van der Waals surface area (Å²) in [6, 6.07) is -5.20. The van der Waals surface area contributed by atoms with Crippen molar-refractivity contribution in [2.45, 2.75) is 57.5 Å². The van der Waals surface area contributed by atoms with Gasteiger partial charge in [0.05, 0.1) is 19.0 Å². The number of amides is 3. The highest BCUT2D eigenvalue weighted by molar-refractivity contribution is 5.94. The van der Waals surface area contributed by atoms with Crippen molar-refractivity contribution in [2.75, 3.05) is 6.61 Å². The Morgan fingerprint density at radius 2 is 1.65 bits per heavy atom. The standard InChI is InChI=1S/C18H30N6O7/c1-8(2)14(18(30)31)24-15(27)11(4-10-5-20-7-21-10)22-16(28)12(6-25)23-17(29)13(19)9(3)26/h5,7-9,11-14,25-26H,4,6,19H2,1-3H3,(H,20,21)(H,22,28)(H,23,29)(H,24,27)(H,30,31). The Bertz CT molecular complexity index is 753. The molecule has 0 radical (unpaired) electrons. The molecular weight excluding hydrogens is 412 g/mol. The average Bonchev–Trinajstić information content (AvgIpc) is 3.20. The van der Waals surface area contributed by atoms with Gasteiger partial charge in [-0.25, -0.2) is 9.78 Å². The number of carbonyl (C=O) groups excluding carboxylic acids is 3. The number of rotatable bonds is 12. The second kappa shape index (κ2) is 12.0. The lowest BCUT2D eigenvalue weighted by molar-refractivity contribution is -0.143. The lowest BCUT2D eigenvalue weighted by atomic mass is 10.0. The molecule has 5 unspecified atom stereocenters. The summed E-state index contributed by atoms with van der Waals surface area (Å²) < 4.78 is 0. The number of carboxylic acid groups (broad SMARTS) is 1. The van der Waals surface area contributed by atoms with E-state index in [-0.39, 0.29) is 6.42 Å². The fraction of sp³-hybridized carbons (Fsp3) is 0.611. The Balaban J connectivity index is 2.97. The molecule has 174 valence electrons. The minimum Gasteiger partial charge on any atom is -0.480 e. The second-order valence-electron chi connectivity index (χ2n) is 7.42. The topological polar surface area (TPSA) is 220 Å². The number of aliphatic hydroxyl groups excluding tert-OH is 2. The third kappa shape index (κ3) is 7.96. The Kier molecular flexibility index (Phi) is 10.0. The van der Waals surface area contributed by atoms with Gasteiger partial charge in [0.1, 0.15) is 24.2 Å². The number of hydrogen-bond acceptors (Lipinski definition) is 8. The van der Waals surface area contributed by atoms with Gasteiger partial charge in [-0.3, -0.25) is 14.4 Å². The van der Waals surface area contributed by atoms with Crippen molar-refractivity contribution in [3.05, 3.63) is 18.2 Å². The Morgan fingerprint density at radius 1 is 1.06 bits per heavy atom. The van der Waals surface area contributed by atoms with Crippen LogP contribution in [0.25, 0.3) is 0 Å². The van der Waals surface area contributed by atoms with Crippen LogP contribution in [0.1, 0.15) is 26.5 Å². The molecule has 0 aliphatic rings. The maximum Gasteiger partial charge on any atom is 0.326 e. The number of carboxylic acids is 1. The van der Waals surface area contributed by atoms with Gasteiger partial charge in [-0.05, 0) is 12.8 Å². The molecule has 1 heterocycles. The number of aromatic nitrogens is 2. The van der Waals surface area contributed by atoms with E-state index in [4.69, 9.17) is 5.73 Å². The first-order chi connectivity index (χ1) is 14.5. The average molecular weight is 442 g/mol. The van der Waals surface area contributed by atoms with Crippen LogP contribution < -0.4 is 21.7 Å². The van der Waals surface area contributed by atoms with Gasteiger partial charge in [-0.15, -0.1) is 0 Å². The SMILES string of the molecule is CC(C)C(NC(=O)C(Cc1cnc[nH]1)NC(=O)C(CO)NC(=O)C(N)C(C)O)C(=O)O. The quantitative estimate of drug-likeness (QED) is 0.163. The van der Waals surface area contributed by atoms with Crippen molar-refractivity contribution in [3.8, 4) is 0 Å². The lowest BCUT2D eigenvalue weighted by Crippen LogP contribution is -2.59. The number of aromatic amines is 1. The van der Waals surface area contributed by atoms with Gasteiger partial charge in [0.15, 0.2) is 0 Å². The fourth-order valence-corrected chi connectivity index (χ4v) is 2.55. The number of hydrogen-bond donors (Lipinski definition) is 8. The summed E-state index contributed by atoms with van der Waals surface area (Å²) in [6.45, 7) is 3.72. The van der Waals surface area contributed by atoms with Crippen LogP contribution in [0.15, 0.2) is 12.5 Å². The van der Waals surface area contributed by atoms with Crippen molar-refractivity contribution in [1.29, 1.82) is 0 Å². The first-order valence-electron chi connectivity index (χ1n) is 9.63. The zero-order chi connectivity index (χ0) is 23.7. The molecule has 13 nitrogen and oxygen atoms in total. The van der Waals surface area contributed by atoms with Crippen LogP contribution >= 0.6 is 0 Å². The van der Waals surface area contributed by atoms with Gasteiger partial charge in [0, 0.05) is 18.3 Å². The van der Waals surface area contributed by atoms with Crippen LogP contribution in [-0.4, -0.2) is 85.9 Å². The monoisotopic (exact) mass is 442 g/mol. The van der Waals surface area contributed by atoms with E-state index in [1.165, 1.54) is 19.4 Å². The Labute approximate surface area is 178 Å². The highest BCUT2D eigenvalue weighted by atomic mass is 16.4. The number of H-pyrrole nitrogens is 1. The number of nitrogens with two attached hydrogens (primary N) is 1. The van der Waals surface area contributed by atoms with E-state index in [9.17, 15) is 34.5 Å². The smallest absolute Gasteiger partial charge is 0.326 e. The van der Waals surface area contributed by atoms with E-state index in [1.807, 2.05) is 0 Å². The number of aliphatic hydroxyl groups is 2. The molecular formula is C18H30N6O7. The molecule has 1 aromatic heterocycles. The molecule has 9 N–H and O–H groups in total. The largest absolute Gasteiger partial charge is 0.480 e. The van der Waals surface area contributed by atoms with Crippen molar-refractivity contribution in [1.82, 2.24) is 25.9 Å². The van der Waals surface area contributed by atoms with Crippen LogP contribution in [0, 0.1) is 5.92 Å². The second-order valence-corrected chi connectivity index (χ2v) is 7.42. The summed E-state index contributed by atoms with van der Waals surface area (Å²) >= 11 is 0. The van der Waals surface area contributed by atoms with Gasteiger partial charge < -0.3 is 42.0 Å². The molecule has 31 heavy (non-hydrogen) atoms. The van der Waals surface area contributed by atoms with Crippen molar-refractivity contribution in [2.24, 2.45) is 11.7 Å². The number of nitrogens with zero attached hydrogens (tertiary/aromatic N) is 1. The fourth-order valence-electron chi connectivity index (χ4n) is 2.55. The molecule has 0 aliphatic heterocycles. The summed E-state index contributed by atoms with van der Waals surface area (Å²) in [5, 5.41) is 35.2. The van der Waals surface area contributed by atoms with Gasteiger partial charge in [0.2, 0.25) is 17.7 Å². The van der Waals surface area contributed by atoms with E-state index in [1.54, 1.807) is 13.8 Å². The molecule has 0 aromatic carbocycles. The van der Waals surface area contributed by atoms with Crippen molar-refractivity contribution in [3.63, 3.8) is 0 Å². The number of nitrogens with one attached hydrogen (secondary N) is 4. The van der Waals surface area contributed by atoms with Gasteiger partial charge in [-0.1, -0.05) is 13.8 Å². The minimum atomic E-state index is -1.45. The maximum atomic E-state index is 12.7. The minimum absolute atomic E-state index is 0.0543. The third-order valence-electron chi connectivity index (χ3n) is 4.48. The first-order valence-corrected chi connectivity index (χ1v) is 9.63. The van der Waals surface area contributed by atoms with Crippen LogP contribution in [0.3, 0.4) is 0 Å². The summed E-state index contributed by atoms with van der Waals surface area (Å²) in [4.78, 5) is 55.3. The molecule has 1 aromatic rings. The molecule has 0 spiro atoms. The Morgan fingerprint density at radius 3 is 2.10 bits per heavy atom. The van der Waals surface area contributed by atoms with Crippen LogP contribution in [0.2, 0.25) is 0 Å². The molecule has 3 amide bonds. The van der Waals surface area contributed by atoms with Crippen LogP contribution in [-0.2, 0) is 25.6 Å². The summed E-state index contributed by atoms with van der Waals surface area (Å²) in [6.07, 6.45) is 1.55. The summed E-state index contributed by atoms with van der Waals surface area (Å²) in [7, 11) is 0. The first kappa shape index (κ1) is 26.0. The highest BCUT2D eigenvalue weighted by Crippen LogP contribution is 2.05. The van der Waals surface area contributed by atoms with E-state index < -0.39 is 66.5 Å². The molecule has 0 aliphatic carbocycles. The number of carbonyl (C=O) groups is 4. The molecule has 1 rings (SSSR count). The Hall–Kier alpha value is -3.03. The molecule has 13 heteroatoms. The predicted molar refractivity (Wildman–Crippen MR) is 107 cm³/mol. The molecule has 0 bridgehead atoms. The molecule has 0 saturated heterocycles. The highest BCUT2D eigenvalue weighted by Gasteiger charge is 2.32. The maximum absolute atomic E-state index is 12.7. The number of imidazole rings is 1. The van der Waals surface area contributed by atoms with Gasteiger partial charge >= 0.3 is 5.97 Å². The van der Waals surface area contributed by atoms with E-state index in [2.05, 4.69) is 25.9 Å². The van der Waals surface area contributed by atoms with Crippen LogP contribution in [0.5, 0.6) is 0 Å². The number of aliphatic carboxylic acids is 1. The molecule has 5 atom stereocenters. The van der Waals surface area contributed by atoms with Crippen LogP contribution in [0.4, 0.5) is 0 Å². The molecule has 0 saturated carbocycles. The van der Waals surface area contributed by atoms with E-state index in [0.29, 0.717) is 5.69 Å². The van der Waals surface area contributed by atoms with Crippen molar-refractivity contribution < 1.29 is 34.5 Å². The third-order valence-corrected chi connectivity index (χ3v) is 4.48. The predicted octanol–water partition coefficient (Wildman–Crippen LogP) is -3.15. The summed E-state index contributed by atoms with van der Waals surface area (Å²) in [5.41, 5.74) is 5.99. The van der Waals surface area contributed by atoms with Gasteiger partial charge in [-0.2, -0.15) is 0 Å². The van der Waals surface area contributed by atoms with Gasteiger partial charge in [0.25, 0.3) is 0 Å². The zero-order valence-corrected chi connectivity index (χ0v) is 17.5. The normalized spacial score (nSPS) is 16.0. The van der Waals surface area contributed by atoms with Crippen molar-refractivity contribution >= 4 is 23.7 Å². The summed E-state index contributed by atoms with van der Waals surface area (Å²) in [5.74, 6) is -4.19.